The highest BCUT2D eigenvalue weighted by Crippen LogP contribution is 2.29. The summed E-state index contributed by atoms with van der Waals surface area (Å²) in [6.07, 6.45) is 8.15. The third kappa shape index (κ3) is 5.48. The number of hydrogen-bond acceptors (Lipinski definition) is 5. The van der Waals surface area contributed by atoms with Crippen LogP contribution >= 0.6 is 0 Å². The third-order valence-electron chi connectivity index (χ3n) is 5.73. The standard InChI is InChI=1S/C25H25FN4O4/c26-18-11-9-17(10-12-18)23(25(33)29-19-5-1-2-6-19)30(20-7-3-13-27-15-20)22(31)16-28-24(32)21-8-4-14-34-21/h3-4,7-15,19,23H,1-2,5-6,16H2,(H,28,32)(H,29,33)/t23-/m0/s1. The Hall–Kier alpha value is -4.01. The van der Waals surface area contributed by atoms with E-state index in [0.29, 0.717) is 11.3 Å². The Bertz CT molecular complexity index is 1110. The van der Waals surface area contributed by atoms with Crippen molar-refractivity contribution < 1.29 is 23.2 Å². The summed E-state index contributed by atoms with van der Waals surface area (Å²) in [5.74, 6) is -1.87. The second kappa shape index (κ2) is 10.7. The first kappa shape index (κ1) is 23.2. The zero-order valence-corrected chi connectivity index (χ0v) is 18.4. The molecular weight excluding hydrogens is 439 g/mol. The van der Waals surface area contributed by atoms with Gasteiger partial charge in [-0.2, -0.15) is 0 Å². The van der Waals surface area contributed by atoms with Gasteiger partial charge in [-0.05, 0) is 54.8 Å². The molecule has 1 fully saturated rings. The Morgan fingerprint density at radius 2 is 1.85 bits per heavy atom. The second-order valence-corrected chi connectivity index (χ2v) is 8.08. The highest BCUT2D eigenvalue weighted by atomic mass is 19.1. The Labute approximate surface area is 196 Å². The van der Waals surface area contributed by atoms with Crippen LogP contribution in [0, 0.1) is 5.82 Å². The number of carbonyl (C=O) groups is 3. The molecule has 1 saturated carbocycles. The highest BCUT2D eigenvalue weighted by Gasteiger charge is 2.34. The number of carbonyl (C=O) groups excluding carboxylic acids is 3. The molecule has 1 aromatic carbocycles. The van der Waals surface area contributed by atoms with Crippen molar-refractivity contribution in [2.75, 3.05) is 11.4 Å². The number of amides is 3. The zero-order chi connectivity index (χ0) is 23.9. The first-order valence-corrected chi connectivity index (χ1v) is 11.1. The van der Waals surface area contributed by atoms with Gasteiger partial charge in [0.05, 0.1) is 24.7 Å². The molecule has 2 aromatic heterocycles. The van der Waals surface area contributed by atoms with Crippen LogP contribution in [-0.4, -0.2) is 35.3 Å². The molecule has 4 rings (SSSR count). The molecule has 1 aliphatic carbocycles. The molecule has 3 amide bonds. The van der Waals surface area contributed by atoms with Gasteiger partial charge in [-0.15, -0.1) is 0 Å². The summed E-state index contributed by atoms with van der Waals surface area (Å²) in [6, 6.07) is 10.7. The van der Waals surface area contributed by atoms with Crippen LogP contribution in [-0.2, 0) is 9.59 Å². The Balaban J connectivity index is 1.65. The van der Waals surface area contributed by atoms with Gasteiger partial charge >= 0.3 is 0 Å². The van der Waals surface area contributed by atoms with E-state index in [0.717, 1.165) is 25.7 Å². The predicted molar refractivity (Wildman–Crippen MR) is 122 cm³/mol. The summed E-state index contributed by atoms with van der Waals surface area (Å²) >= 11 is 0. The molecule has 0 radical (unpaired) electrons. The van der Waals surface area contributed by atoms with Crippen molar-refractivity contribution in [3.8, 4) is 0 Å². The van der Waals surface area contributed by atoms with Gasteiger partial charge in [0.25, 0.3) is 5.91 Å². The van der Waals surface area contributed by atoms with Gasteiger partial charge in [0.1, 0.15) is 11.9 Å². The molecule has 8 nitrogen and oxygen atoms in total. The first-order valence-electron chi connectivity index (χ1n) is 11.1. The number of furan rings is 1. The summed E-state index contributed by atoms with van der Waals surface area (Å²) in [5, 5.41) is 5.56. The normalized spacial score (nSPS) is 14.4. The maximum atomic E-state index is 13.7. The maximum Gasteiger partial charge on any atom is 0.287 e. The number of aromatic nitrogens is 1. The summed E-state index contributed by atoms with van der Waals surface area (Å²) in [5.41, 5.74) is 0.808. The Morgan fingerprint density at radius 3 is 2.50 bits per heavy atom. The second-order valence-electron chi connectivity index (χ2n) is 8.08. The van der Waals surface area contributed by atoms with E-state index in [4.69, 9.17) is 4.42 Å². The van der Waals surface area contributed by atoms with E-state index in [9.17, 15) is 18.8 Å². The van der Waals surface area contributed by atoms with E-state index < -0.39 is 23.7 Å². The lowest BCUT2D eigenvalue weighted by Gasteiger charge is -2.32. The largest absolute Gasteiger partial charge is 0.459 e. The number of pyridine rings is 1. The molecule has 0 aliphatic heterocycles. The zero-order valence-electron chi connectivity index (χ0n) is 18.4. The van der Waals surface area contributed by atoms with Crippen molar-refractivity contribution in [1.29, 1.82) is 0 Å². The summed E-state index contributed by atoms with van der Waals surface area (Å²) in [7, 11) is 0. The van der Waals surface area contributed by atoms with E-state index in [2.05, 4.69) is 15.6 Å². The van der Waals surface area contributed by atoms with Crippen LogP contribution < -0.4 is 15.5 Å². The molecule has 3 aromatic rings. The molecule has 0 spiro atoms. The van der Waals surface area contributed by atoms with Gasteiger partial charge in [0.15, 0.2) is 5.76 Å². The minimum atomic E-state index is -1.08. The van der Waals surface area contributed by atoms with E-state index >= 15 is 0 Å². The summed E-state index contributed by atoms with van der Waals surface area (Å²) < 4.78 is 18.7. The van der Waals surface area contributed by atoms with Gasteiger partial charge in [-0.25, -0.2) is 4.39 Å². The van der Waals surface area contributed by atoms with Gasteiger partial charge in [-0.1, -0.05) is 25.0 Å². The quantitative estimate of drug-likeness (QED) is 0.532. The third-order valence-corrected chi connectivity index (χ3v) is 5.73. The molecule has 2 heterocycles. The van der Waals surface area contributed by atoms with Crippen LogP contribution in [0.4, 0.5) is 10.1 Å². The molecule has 0 unspecified atom stereocenters. The fourth-order valence-electron chi connectivity index (χ4n) is 4.08. The van der Waals surface area contributed by atoms with Crippen molar-refractivity contribution in [1.82, 2.24) is 15.6 Å². The molecule has 2 N–H and O–H groups in total. The van der Waals surface area contributed by atoms with Crippen LogP contribution in [0.15, 0.2) is 71.6 Å². The van der Waals surface area contributed by atoms with E-state index in [-0.39, 0.29) is 24.3 Å². The summed E-state index contributed by atoms with van der Waals surface area (Å²) in [6.45, 7) is -0.386. The van der Waals surface area contributed by atoms with Gasteiger partial charge in [0, 0.05) is 12.2 Å². The molecule has 0 bridgehead atoms. The number of rotatable bonds is 8. The monoisotopic (exact) mass is 464 g/mol. The number of hydrogen-bond donors (Lipinski definition) is 2. The lowest BCUT2D eigenvalue weighted by atomic mass is 10.0. The Kier molecular flexibility index (Phi) is 7.31. The minimum absolute atomic E-state index is 0.0138. The van der Waals surface area contributed by atoms with E-state index in [1.165, 1.54) is 47.7 Å². The SMILES string of the molecule is O=C(NCC(=O)N(c1cccnc1)[C@H](C(=O)NC1CCCC1)c1ccc(F)cc1)c1ccco1. The molecule has 1 atom stereocenters. The van der Waals surface area contributed by atoms with Crippen molar-refractivity contribution in [3.63, 3.8) is 0 Å². The number of anilines is 1. The van der Waals surface area contributed by atoms with Crippen LogP contribution in [0.25, 0.3) is 0 Å². The van der Waals surface area contributed by atoms with Crippen molar-refractivity contribution in [2.45, 2.75) is 37.8 Å². The number of nitrogens with zero attached hydrogens (tertiary/aromatic N) is 2. The van der Waals surface area contributed by atoms with E-state index in [1.54, 1.807) is 24.4 Å². The molecule has 34 heavy (non-hydrogen) atoms. The fraction of sp³-hybridized carbons (Fsp3) is 0.280. The maximum absolute atomic E-state index is 13.7. The highest BCUT2D eigenvalue weighted by molar-refractivity contribution is 6.04. The smallest absolute Gasteiger partial charge is 0.287 e. The molecule has 9 heteroatoms. The average Bonchev–Trinajstić information content (AvgIpc) is 3.57. The van der Waals surface area contributed by atoms with Crippen molar-refractivity contribution in [3.05, 3.63) is 84.3 Å². The predicted octanol–water partition coefficient (Wildman–Crippen LogP) is 3.38. The molecular formula is C25H25FN4O4. The van der Waals surface area contributed by atoms with Crippen LogP contribution in [0.1, 0.15) is 47.8 Å². The number of halogens is 1. The molecule has 1 aliphatic rings. The molecule has 0 saturated heterocycles. The Morgan fingerprint density at radius 1 is 1.09 bits per heavy atom. The minimum Gasteiger partial charge on any atom is -0.459 e. The first-order chi connectivity index (χ1) is 16.5. The van der Waals surface area contributed by atoms with Gasteiger partial charge in [0.2, 0.25) is 11.8 Å². The van der Waals surface area contributed by atoms with Crippen LogP contribution in [0.5, 0.6) is 0 Å². The number of nitrogens with one attached hydrogen (secondary N) is 2. The van der Waals surface area contributed by atoms with Crippen LogP contribution in [0.2, 0.25) is 0 Å². The van der Waals surface area contributed by atoms with Gasteiger partial charge in [-0.3, -0.25) is 24.3 Å². The lowest BCUT2D eigenvalue weighted by molar-refractivity contribution is -0.126. The summed E-state index contributed by atoms with van der Waals surface area (Å²) in [4.78, 5) is 44.6. The fourth-order valence-corrected chi connectivity index (χ4v) is 4.08. The lowest BCUT2D eigenvalue weighted by Crippen LogP contribution is -2.49. The average molecular weight is 464 g/mol. The number of benzene rings is 1. The topological polar surface area (TPSA) is 105 Å². The van der Waals surface area contributed by atoms with Crippen molar-refractivity contribution in [2.24, 2.45) is 0 Å². The van der Waals surface area contributed by atoms with Crippen LogP contribution in [0.3, 0.4) is 0 Å². The van der Waals surface area contributed by atoms with E-state index in [1.807, 2.05) is 0 Å². The van der Waals surface area contributed by atoms with Gasteiger partial charge < -0.3 is 15.1 Å². The van der Waals surface area contributed by atoms with Crippen molar-refractivity contribution >= 4 is 23.4 Å². The molecule has 176 valence electrons.